The fourth-order valence-corrected chi connectivity index (χ4v) is 4.17. The zero-order valence-corrected chi connectivity index (χ0v) is 13.3. The van der Waals surface area contributed by atoms with Crippen LogP contribution in [-0.2, 0) is 0 Å². The first-order chi connectivity index (χ1) is 7.65. The van der Waals surface area contributed by atoms with E-state index in [0.717, 1.165) is 26.8 Å². The van der Waals surface area contributed by atoms with E-state index >= 15 is 0 Å². The molecule has 1 aromatic heterocycles. The Morgan fingerprint density at radius 1 is 1.38 bits per heavy atom. The Hall–Kier alpha value is 0.420. The minimum absolute atomic E-state index is 0.0281. The van der Waals surface area contributed by atoms with E-state index in [1.165, 1.54) is 11.3 Å². The lowest BCUT2D eigenvalue weighted by atomic mass is 10.2. The summed E-state index contributed by atoms with van der Waals surface area (Å²) in [6.45, 7) is 0.704. The van der Waals surface area contributed by atoms with Crippen molar-refractivity contribution in [2.75, 3.05) is 12.4 Å². The zero-order valence-electron chi connectivity index (χ0n) is 8.56. The van der Waals surface area contributed by atoms with Gasteiger partial charge in [-0.15, -0.1) is 22.9 Å². The molecule has 0 aliphatic heterocycles. The average Bonchev–Trinajstić information content (AvgIpc) is 2.57. The zero-order chi connectivity index (χ0) is 12.0. The summed E-state index contributed by atoms with van der Waals surface area (Å²) in [7, 11) is 0. The largest absolute Gasteiger partial charge is 0.352 e. The molecule has 1 aromatic rings. The lowest BCUT2D eigenvalue weighted by Crippen LogP contribution is -2.24. The first-order valence-electron chi connectivity index (χ1n) is 4.94. The summed E-state index contributed by atoms with van der Waals surface area (Å²) in [5, 5.41) is 2.89. The van der Waals surface area contributed by atoms with Crippen LogP contribution in [0, 0.1) is 0 Å². The molecule has 0 aliphatic rings. The number of rotatable bonds is 6. The molecule has 0 atom stereocenters. The first-order valence-corrected chi connectivity index (χ1v) is 7.88. The Morgan fingerprint density at radius 2 is 2.12 bits per heavy atom. The minimum Gasteiger partial charge on any atom is -0.352 e. The molecule has 90 valence electrons. The second-order valence-electron chi connectivity index (χ2n) is 3.24. The van der Waals surface area contributed by atoms with Crippen LogP contribution in [0.15, 0.2) is 13.6 Å². The molecule has 6 heteroatoms. The van der Waals surface area contributed by atoms with E-state index in [9.17, 15) is 4.79 Å². The topological polar surface area (TPSA) is 29.1 Å². The highest BCUT2D eigenvalue weighted by atomic mass is 79.9. The minimum atomic E-state index is -0.0281. The van der Waals surface area contributed by atoms with Crippen LogP contribution in [0.3, 0.4) is 0 Å². The summed E-state index contributed by atoms with van der Waals surface area (Å²) in [4.78, 5) is 11.7. The van der Waals surface area contributed by atoms with Gasteiger partial charge in [0.25, 0.3) is 5.91 Å². The highest BCUT2D eigenvalue weighted by Gasteiger charge is 2.12. The van der Waals surface area contributed by atoms with Gasteiger partial charge >= 0.3 is 0 Å². The lowest BCUT2D eigenvalue weighted by Gasteiger charge is -2.03. The molecule has 0 fully saturated rings. The molecule has 1 heterocycles. The second kappa shape index (κ2) is 7.69. The summed E-state index contributed by atoms with van der Waals surface area (Å²) < 4.78 is 1.81. The van der Waals surface area contributed by atoms with Crippen molar-refractivity contribution in [2.45, 2.75) is 19.3 Å². The van der Waals surface area contributed by atoms with E-state index in [1.54, 1.807) is 0 Å². The van der Waals surface area contributed by atoms with Crippen LogP contribution in [0.4, 0.5) is 0 Å². The number of carbonyl (C=O) groups is 1. The van der Waals surface area contributed by atoms with Gasteiger partial charge in [-0.3, -0.25) is 4.79 Å². The van der Waals surface area contributed by atoms with E-state index in [2.05, 4.69) is 37.2 Å². The van der Waals surface area contributed by atoms with Crippen molar-refractivity contribution >= 4 is 60.7 Å². The maximum Gasteiger partial charge on any atom is 0.253 e. The van der Waals surface area contributed by atoms with Gasteiger partial charge < -0.3 is 5.32 Å². The third-order valence-corrected chi connectivity index (χ3v) is 4.60. The SMILES string of the molecule is O=C(NCCCCCCl)c1cc(Br)sc1Br. The number of nitrogens with one attached hydrogen (secondary N) is 1. The third-order valence-electron chi connectivity index (χ3n) is 2.00. The molecule has 0 bridgehead atoms. The van der Waals surface area contributed by atoms with Gasteiger partial charge in [0.15, 0.2) is 0 Å². The molecule has 0 saturated heterocycles. The standard InChI is InChI=1S/C10H12Br2ClNOS/c11-8-6-7(9(12)16-8)10(15)14-5-3-1-2-4-13/h6H,1-5H2,(H,14,15). The predicted molar refractivity (Wildman–Crippen MR) is 76.6 cm³/mol. The van der Waals surface area contributed by atoms with Crippen molar-refractivity contribution in [3.05, 3.63) is 19.2 Å². The summed E-state index contributed by atoms with van der Waals surface area (Å²) in [5.41, 5.74) is 0.689. The Labute approximate surface area is 121 Å². The Bertz CT molecular complexity index is 357. The first kappa shape index (κ1) is 14.5. The summed E-state index contributed by atoms with van der Waals surface area (Å²) in [6, 6.07) is 1.82. The quantitative estimate of drug-likeness (QED) is 0.567. The smallest absolute Gasteiger partial charge is 0.253 e. The monoisotopic (exact) mass is 387 g/mol. The van der Waals surface area contributed by atoms with E-state index < -0.39 is 0 Å². The molecule has 0 radical (unpaired) electrons. The third kappa shape index (κ3) is 4.73. The highest BCUT2D eigenvalue weighted by Crippen LogP contribution is 2.31. The number of halogens is 3. The van der Waals surface area contributed by atoms with E-state index in [4.69, 9.17) is 11.6 Å². The second-order valence-corrected chi connectivity index (χ2v) is 7.37. The lowest BCUT2D eigenvalue weighted by molar-refractivity contribution is 0.0952. The van der Waals surface area contributed by atoms with Gasteiger partial charge in [0.05, 0.1) is 13.1 Å². The average molecular weight is 390 g/mol. The fourth-order valence-electron chi connectivity index (χ4n) is 1.19. The maximum absolute atomic E-state index is 11.7. The van der Waals surface area contributed by atoms with Crippen LogP contribution in [0.2, 0.25) is 0 Å². The molecular formula is C10H12Br2ClNOS. The normalized spacial score (nSPS) is 10.4. The summed E-state index contributed by atoms with van der Waals surface area (Å²) in [5.74, 6) is 0.663. The summed E-state index contributed by atoms with van der Waals surface area (Å²) in [6.07, 6.45) is 3.03. The molecular weight excluding hydrogens is 377 g/mol. The van der Waals surface area contributed by atoms with Crippen LogP contribution in [0.1, 0.15) is 29.6 Å². The number of carbonyl (C=O) groups excluding carboxylic acids is 1. The molecule has 0 spiro atoms. The number of alkyl halides is 1. The van der Waals surface area contributed by atoms with Gasteiger partial charge in [-0.25, -0.2) is 0 Å². The number of amides is 1. The fraction of sp³-hybridized carbons (Fsp3) is 0.500. The van der Waals surface area contributed by atoms with Gasteiger partial charge in [0.1, 0.15) is 0 Å². The van der Waals surface area contributed by atoms with Crippen molar-refractivity contribution in [1.29, 1.82) is 0 Å². The van der Waals surface area contributed by atoms with Crippen LogP contribution in [0.25, 0.3) is 0 Å². The Balaban J connectivity index is 2.33. The highest BCUT2D eigenvalue weighted by molar-refractivity contribution is 9.12. The van der Waals surface area contributed by atoms with Crippen molar-refractivity contribution in [2.24, 2.45) is 0 Å². The van der Waals surface area contributed by atoms with Gasteiger partial charge in [0.2, 0.25) is 0 Å². The number of hydrogen-bond acceptors (Lipinski definition) is 2. The Morgan fingerprint density at radius 3 is 2.69 bits per heavy atom. The van der Waals surface area contributed by atoms with Gasteiger partial charge in [-0.05, 0) is 50.8 Å². The molecule has 1 rings (SSSR count). The van der Waals surface area contributed by atoms with Crippen molar-refractivity contribution < 1.29 is 4.79 Å². The van der Waals surface area contributed by atoms with Gasteiger partial charge in [0, 0.05) is 12.4 Å². The van der Waals surface area contributed by atoms with Crippen LogP contribution < -0.4 is 5.32 Å². The molecule has 2 nitrogen and oxygen atoms in total. The van der Waals surface area contributed by atoms with Crippen molar-refractivity contribution in [3.8, 4) is 0 Å². The van der Waals surface area contributed by atoms with Crippen LogP contribution in [0.5, 0.6) is 0 Å². The number of hydrogen-bond donors (Lipinski definition) is 1. The number of unbranched alkanes of at least 4 members (excludes halogenated alkanes) is 2. The van der Waals surface area contributed by atoms with Crippen LogP contribution >= 0.6 is 54.8 Å². The maximum atomic E-state index is 11.7. The van der Waals surface area contributed by atoms with Crippen molar-refractivity contribution in [3.63, 3.8) is 0 Å². The molecule has 0 aromatic carbocycles. The van der Waals surface area contributed by atoms with Crippen LogP contribution in [-0.4, -0.2) is 18.3 Å². The molecule has 0 saturated carbocycles. The molecule has 1 N–H and O–H groups in total. The van der Waals surface area contributed by atoms with E-state index in [0.29, 0.717) is 18.0 Å². The van der Waals surface area contributed by atoms with Gasteiger partial charge in [-0.2, -0.15) is 0 Å². The predicted octanol–water partition coefficient (Wildman–Crippen LogP) is 4.41. The van der Waals surface area contributed by atoms with Gasteiger partial charge in [-0.1, -0.05) is 6.42 Å². The van der Waals surface area contributed by atoms with E-state index in [-0.39, 0.29) is 5.91 Å². The number of thiophene rings is 1. The molecule has 0 aliphatic carbocycles. The molecule has 1 amide bonds. The Kier molecular flexibility index (Phi) is 6.96. The molecule has 0 unspecified atom stereocenters. The van der Waals surface area contributed by atoms with E-state index in [1.807, 2.05) is 6.07 Å². The van der Waals surface area contributed by atoms with Crippen molar-refractivity contribution in [1.82, 2.24) is 5.32 Å². The molecule has 16 heavy (non-hydrogen) atoms. The summed E-state index contributed by atoms with van der Waals surface area (Å²) >= 11 is 13.8.